The van der Waals surface area contributed by atoms with Crippen molar-refractivity contribution in [2.75, 3.05) is 19.8 Å². The number of urea groups is 1. The van der Waals surface area contributed by atoms with E-state index in [0.717, 1.165) is 0 Å². The molecule has 0 saturated carbocycles. The number of aliphatic carboxylic acids is 1. The van der Waals surface area contributed by atoms with Gasteiger partial charge in [0.2, 0.25) is 0 Å². The van der Waals surface area contributed by atoms with Crippen molar-refractivity contribution in [1.82, 2.24) is 10.6 Å². The second-order valence-corrected chi connectivity index (χ2v) is 4.78. The van der Waals surface area contributed by atoms with E-state index in [0.29, 0.717) is 25.7 Å². The zero-order valence-electron chi connectivity index (χ0n) is 11.5. The van der Waals surface area contributed by atoms with Gasteiger partial charge in [-0.3, -0.25) is 4.79 Å². The van der Waals surface area contributed by atoms with Crippen LogP contribution in [-0.4, -0.2) is 42.9 Å². The van der Waals surface area contributed by atoms with Crippen LogP contribution in [0.15, 0.2) is 0 Å². The molecule has 106 valence electrons. The van der Waals surface area contributed by atoms with Crippen molar-refractivity contribution in [2.24, 2.45) is 11.8 Å². The highest BCUT2D eigenvalue weighted by molar-refractivity contribution is 5.76. The molecule has 18 heavy (non-hydrogen) atoms. The lowest BCUT2D eigenvalue weighted by molar-refractivity contribution is -0.141. The normalized spacial score (nSPS) is 14.1. The molecule has 0 aliphatic rings. The van der Waals surface area contributed by atoms with Crippen LogP contribution in [-0.2, 0) is 9.53 Å². The predicted octanol–water partition coefficient (Wildman–Crippen LogP) is 1.07. The molecule has 3 N–H and O–H groups in total. The zero-order chi connectivity index (χ0) is 14.1. The molecule has 0 aromatic heterocycles. The first-order valence-electron chi connectivity index (χ1n) is 6.19. The van der Waals surface area contributed by atoms with Crippen molar-refractivity contribution in [1.29, 1.82) is 0 Å². The minimum absolute atomic E-state index is 0.372. The van der Waals surface area contributed by atoms with Crippen LogP contribution in [0.3, 0.4) is 0 Å². The number of ether oxygens (including phenoxy) is 1. The van der Waals surface area contributed by atoms with Gasteiger partial charge in [-0.2, -0.15) is 0 Å². The Kier molecular flexibility index (Phi) is 8.11. The third kappa shape index (κ3) is 7.89. The molecule has 2 unspecified atom stereocenters. The van der Waals surface area contributed by atoms with E-state index in [9.17, 15) is 9.59 Å². The lowest BCUT2D eigenvalue weighted by Gasteiger charge is -2.18. The number of carbonyl (C=O) groups is 2. The van der Waals surface area contributed by atoms with Crippen molar-refractivity contribution in [3.8, 4) is 0 Å². The van der Waals surface area contributed by atoms with E-state index in [4.69, 9.17) is 9.84 Å². The Labute approximate surface area is 108 Å². The molecule has 0 bridgehead atoms. The molecule has 0 aliphatic heterocycles. The topological polar surface area (TPSA) is 87.7 Å². The average Bonchev–Trinajstić information content (AvgIpc) is 2.26. The summed E-state index contributed by atoms with van der Waals surface area (Å²) < 4.78 is 5.30. The number of nitrogens with one attached hydrogen (secondary N) is 2. The summed E-state index contributed by atoms with van der Waals surface area (Å²) in [5.41, 5.74) is 0. The maximum absolute atomic E-state index is 11.4. The van der Waals surface area contributed by atoms with Crippen LogP contribution in [0.4, 0.5) is 4.79 Å². The van der Waals surface area contributed by atoms with E-state index in [2.05, 4.69) is 24.5 Å². The van der Waals surface area contributed by atoms with Crippen molar-refractivity contribution < 1.29 is 19.4 Å². The molecule has 0 aliphatic carbocycles. The summed E-state index contributed by atoms with van der Waals surface area (Å²) in [6.07, 6.45) is 0. The molecule has 2 atom stereocenters. The Morgan fingerprint density at radius 3 is 2.33 bits per heavy atom. The fourth-order valence-corrected chi connectivity index (χ4v) is 1.15. The molecule has 0 rings (SSSR count). The lowest BCUT2D eigenvalue weighted by Crippen LogP contribution is -2.46. The van der Waals surface area contributed by atoms with Gasteiger partial charge in [-0.1, -0.05) is 13.8 Å². The van der Waals surface area contributed by atoms with Crippen LogP contribution < -0.4 is 10.6 Å². The summed E-state index contributed by atoms with van der Waals surface area (Å²) in [5, 5.41) is 14.0. The Morgan fingerprint density at radius 1 is 1.22 bits per heavy atom. The number of rotatable bonds is 8. The van der Waals surface area contributed by atoms with Crippen molar-refractivity contribution in [2.45, 2.75) is 33.7 Å². The molecule has 0 aromatic carbocycles. The average molecular weight is 260 g/mol. The van der Waals surface area contributed by atoms with E-state index in [1.165, 1.54) is 0 Å². The highest BCUT2D eigenvalue weighted by Gasteiger charge is 2.20. The second-order valence-electron chi connectivity index (χ2n) is 4.78. The zero-order valence-corrected chi connectivity index (χ0v) is 11.5. The Morgan fingerprint density at radius 2 is 1.83 bits per heavy atom. The Balaban J connectivity index is 3.68. The summed E-state index contributed by atoms with van der Waals surface area (Å²) in [6, 6.07) is -0.789. The number of hydrogen-bond acceptors (Lipinski definition) is 3. The molecular weight excluding hydrogens is 236 g/mol. The van der Waals surface area contributed by atoms with Gasteiger partial charge in [0.1, 0.15) is 0 Å². The quantitative estimate of drug-likeness (QED) is 0.570. The maximum Gasteiger partial charge on any atom is 0.315 e. The van der Waals surface area contributed by atoms with Gasteiger partial charge in [-0.05, 0) is 19.8 Å². The summed E-state index contributed by atoms with van der Waals surface area (Å²) >= 11 is 0. The summed E-state index contributed by atoms with van der Waals surface area (Å²) in [7, 11) is 0. The van der Waals surface area contributed by atoms with Gasteiger partial charge >= 0.3 is 12.0 Å². The summed E-state index contributed by atoms with van der Waals surface area (Å²) in [5.74, 6) is -1.08. The van der Waals surface area contributed by atoms with Crippen LogP contribution in [0.2, 0.25) is 0 Å². The monoisotopic (exact) mass is 260 g/mol. The second kappa shape index (κ2) is 8.74. The fraction of sp³-hybridized carbons (Fsp3) is 0.833. The fourth-order valence-electron chi connectivity index (χ4n) is 1.15. The van der Waals surface area contributed by atoms with E-state index in [-0.39, 0.29) is 6.03 Å². The first-order chi connectivity index (χ1) is 8.34. The van der Waals surface area contributed by atoms with Gasteiger partial charge in [0, 0.05) is 19.2 Å². The van der Waals surface area contributed by atoms with Crippen LogP contribution in [0.5, 0.6) is 0 Å². The molecular formula is C12H24N2O4. The van der Waals surface area contributed by atoms with E-state index < -0.39 is 17.9 Å². The molecule has 6 nitrogen and oxygen atoms in total. The molecule has 6 heteroatoms. The van der Waals surface area contributed by atoms with Crippen LogP contribution in [0.25, 0.3) is 0 Å². The number of carboxylic acids is 1. The maximum atomic E-state index is 11.4. The molecule has 0 heterocycles. The van der Waals surface area contributed by atoms with E-state index in [1.807, 2.05) is 0 Å². The molecule has 0 fully saturated rings. The molecule has 0 spiro atoms. The highest BCUT2D eigenvalue weighted by Crippen LogP contribution is 2.01. The molecule has 0 aromatic rings. The Bertz CT molecular complexity index is 269. The Hall–Kier alpha value is -1.30. The van der Waals surface area contributed by atoms with Gasteiger partial charge in [-0.25, -0.2) is 4.79 Å². The van der Waals surface area contributed by atoms with Crippen LogP contribution in [0.1, 0.15) is 27.7 Å². The minimum Gasteiger partial charge on any atom is -0.481 e. The minimum atomic E-state index is -0.928. The van der Waals surface area contributed by atoms with Crippen LogP contribution in [0, 0.1) is 11.8 Å². The first kappa shape index (κ1) is 16.7. The molecule has 0 saturated heterocycles. The largest absolute Gasteiger partial charge is 0.481 e. The number of hydrogen-bond donors (Lipinski definition) is 3. The molecule has 0 radical (unpaired) electrons. The van der Waals surface area contributed by atoms with Gasteiger partial charge in [0.25, 0.3) is 0 Å². The van der Waals surface area contributed by atoms with Crippen molar-refractivity contribution in [3.63, 3.8) is 0 Å². The third-order valence-electron chi connectivity index (χ3n) is 2.48. The first-order valence-corrected chi connectivity index (χ1v) is 6.19. The molecule has 2 amide bonds. The van der Waals surface area contributed by atoms with E-state index in [1.54, 1.807) is 13.8 Å². The van der Waals surface area contributed by atoms with Gasteiger partial charge in [0.05, 0.1) is 12.5 Å². The summed E-state index contributed by atoms with van der Waals surface area (Å²) in [4.78, 5) is 22.1. The van der Waals surface area contributed by atoms with Gasteiger partial charge in [-0.15, -0.1) is 0 Å². The van der Waals surface area contributed by atoms with Gasteiger partial charge in [0.15, 0.2) is 0 Å². The van der Waals surface area contributed by atoms with Crippen molar-refractivity contribution in [3.05, 3.63) is 0 Å². The van der Waals surface area contributed by atoms with Crippen LogP contribution >= 0.6 is 0 Å². The van der Waals surface area contributed by atoms with Crippen molar-refractivity contribution >= 4 is 12.0 Å². The summed E-state index contributed by atoms with van der Waals surface area (Å²) in [6.45, 7) is 8.84. The third-order valence-corrected chi connectivity index (χ3v) is 2.48. The van der Waals surface area contributed by atoms with Gasteiger partial charge < -0.3 is 20.5 Å². The highest BCUT2D eigenvalue weighted by atomic mass is 16.5. The smallest absolute Gasteiger partial charge is 0.315 e. The lowest BCUT2D eigenvalue weighted by atomic mass is 10.0. The van der Waals surface area contributed by atoms with E-state index >= 15 is 0 Å². The number of carbonyl (C=O) groups excluding carboxylic acids is 1. The number of carboxylic acid groups (broad SMARTS) is 1. The predicted molar refractivity (Wildman–Crippen MR) is 68.5 cm³/mol. The SMILES string of the molecule is CC(C)COCCNC(=O)NC(C)C(C)C(=O)O. The standard InChI is InChI=1S/C12H24N2O4/c1-8(2)7-18-6-5-13-12(17)14-10(4)9(3)11(15)16/h8-10H,5-7H2,1-4H3,(H,15,16)(H2,13,14,17). The number of amides is 2.